The standard InChI is InChI=1S/C27H34N5O9P/c1-4-18(5-2)13-37-26(35)17(3)40-42(36,41-19-9-7-6-8-10-19)38-15-27(14-28)24(34)22(33)23(39-27)20-11-12-21-25(29)30-16-31-32(20)21/h6-12,16-18,22-24,33-34H,4-5,13,15H2,1-3H3,(H2,29,30,31)/t17?,22-,23-,24-,27+,42?/m0/s1. The number of nitrogens with two attached hydrogens (primary N) is 1. The van der Waals surface area contributed by atoms with Gasteiger partial charge in [0.15, 0.2) is 11.9 Å². The van der Waals surface area contributed by atoms with Crippen molar-refractivity contribution < 1.29 is 42.6 Å². The van der Waals surface area contributed by atoms with Gasteiger partial charge in [-0.15, -0.1) is 0 Å². The molecule has 0 spiro atoms. The van der Waals surface area contributed by atoms with Gasteiger partial charge in [-0.05, 0) is 37.1 Å². The van der Waals surface area contributed by atoms with Crippen molar-refractivity contribution in [1.29, 1.82) is 5.26 Å². The maximum absolute atomic E-state index is 13.9. The summed E-state index contributed by atoms with van der Waals surface area (Å²) in [5, 5.41) is 36.0. The summed E-state index contributed by atoms with van der Waals surface area (Å²) < 4.78 is 42.9. The Bertz CT molecular complexity index is 1460. The summed E-state index contributed by atoms with van der Waals surface area (Å²) in [5.41, 5.74) is 4.37. The summed E-state index contributed by atoms with van der Waals surface area (Å²) in [4.78, 5) is 16.5. The Balaban J connectivity index is 1.55. The number of hydrogen-bond donors (Lipinski definition) is 3. The lowest BCUT2D eigenvalue weighted by Crippen LogP contribution is -2.45. The van der Waals surface area contributed by atoms with Crippen LogP contribution in [-0.2, 0) is 27.9 Å². The van der Waals surface area contributed by atoms with Crippen molar-refractivity contribution in [2.75, 3.05) is 18.9 Å². The van der Waals surface area contributed by atoms with Crippen LogP contribution in [0.4, 0.5) is 5.82 Å². The molecule has 4 N–H and O–H groups in total. The van der Waals surface area contributed by atoms with E-state index in [9.17, 15) is 24.8 Å². The SMILES string of the molecule is CCC(CC)COC(=O)C(C)OP(=O)(OC[C@@]1(C#N)O[C@@H](c2ccc3c(N)ncnn23)[C@H](O)[C@@H]1O)Oc1ccccc1. The van der Waals surface area contributed by atoms with Crippen molar-refractivity contribution in [2.45, 2.75) is 63.6 Å². The predicted molar refractivity (Wildman–Crippen MR) is 148 cm³/mol. The average molecular weight is 604 g/mol. The molecule has 15 heteroatoms. The Morgan fingerprint density at radius 3 is 2.62 bits per heavy atom. The van der Waals surface area contributed by atoms with Gasteiger partial charge < -0.3 is 29.9 Å². The molecule has 1 aromatic carbocycles. The fourth-order valence-electron chi connectivity index (χ4n) is 4.42. The second-order valence-corrected chi connectivity index (χ2v) is 11.4. The van der Waals surface area contributed by atoms with Gasteiger partial charge >= 0.3 is 13.8 Å². The van der Waals surface area contributed by atoms with Crippen LogP contribution in [0, 0.1) is 17.2 Å². The van der Waals surface area contributed by atoms with Gasteiger partial charge in [0, 0.05) is 0 Å². The topological polar surface area (TPSA) is 201 Å². The number of esters is 1. The fourth-order valence-corrected chi connectivity index (χ4v) is 5.78. The molecule has 1 aliphatic rings. The molecule has 0 radical (unpaired) electrons. The van der Waals surface area contributed by atoms with Gasteiger partial charge in [-0.2, -0.15) is 10.4 Å². The first-order valence-electron chi connectivity index (χ1n) is 13.4. The highest BCUT2D eigenvalue weighted by Crippen LogP contribution is 2.52. The van der Waals surface area contributed by atoms with Crippen LogP contribution in [0.5, 0.6) is 5.75 Å². The first kappa shape index (κ1) is 31.4. The highest BCUT2D eigenvalue weighted by molar-refractivity contribution is 7.49. The Morgan fingerprint density at radius 2 is 1.95 bits per heavy atom. The third-order valence-electron chi connectivity index (χ3n) is 7.07. The van der Waals surface area contributed by atoms with Gasteiger partial charge in [0.1, 0.15) is 48.6 Å². The number of fused-ring (bicyclic) bond motifs is 1. The quantitative estimate of drug-likeness (QED) is 0.190. The minimum atomic E-state index is -4.66. The fraction of sp³-hybridized carbons (Fsp3) is 0.481. The molecule has 0 bridgehead atoms. The molecule has 3 heterocycles. The smallest absolute Gasteiger partial charge is 0.463 e. The number of nitriles is 1. The normalized spacial score (nSPS) is 24.3. The molecule has 2 aromatic heterocycles. The number of para-hydroxylation sites is 1. The van der Waals surface area contributed by atoms with E-state index in [0.717, 1.165) is 12.8 Å². The second kappa shape index (κ2) is 13.2. The summed E-state index contributed by atoms with van der Waals surface area (Å²) in [6.45, 7) is 4.58. The molecule has 226 valence electrons. The molecular formula is C27H34N5O9P. The van der Waals surface area contributed by atoms with Gasteiger partial charge in [0.2, 0.25) is 5.60 Å². The molecule has 42 heavy (non-hydrogen) atoms. The Hall–Kier alpha value is -3.57. The van der Waals surface area contributed by atoms with Crippen molar-refractivity contribution >= 4 is 25.1 Å². The first-order valence-corrected chi connectivity index (χ1v) is 14.9. The van der Waals surface area contributed by atoms with Crippen molar-refractivity contribution in [2.24, 2.45) is 5.92 Å². The van der Waals surface area contributed by atoms with Crippen molar-refractivity contribution in [3.8, 4) is 11.8 Å². The van der Waals surface area contributed by atoms with Gasteiger partial charge in [-0.1, -0.05) is 44.9 Å². The lowest BCUT2D eigenvalue weighted by Gasteiger charge is -2.27. The molecule has 3 aromatic rings. The first-order chi connectivity index (χ1) is 20.1. The summed E-state index contributed by atoms with van der Waals surface area (Å²) in [5.74, 6) is -0.373. The van der Waals surface area contributed by atoms with Crippen molar-refractivity contribution in [3.63, 3.8) is 0 Å². The van der Waals surface area contributed by atoms with Crippen LogP contribution >= 0.6 is 7.82 Å². The number of hydrogen-bond acceptors (Lipinski definition) is 13. The number of aliphatic hydroxyl groups is 2. The zero-order valence-corrected chi connectivity index (χ0v) is 24.3. The molecular weight excluding hydrogens is 569 g/mol. The van der Waals surface area contributed by atoms with Crippen LogP contribution < -0.4 is 10.3 Å². The largest absolute Gasteiger partial charge is 0.531 e. The van der Waals surface area contributed by atoms with Gasteiger partial charge in [0.25, 0.3) is 0 Å². The summed E-state index contributed by atoms with van der Waals surface area (Å²) in [6.07, 6.45) is -3.24. The van der Waals surface area contributed by atoms with Crippen LogP contribution in [0.15, 0.2) is 48.8 Å². The van der Waals surface area contributed by atoms with Crippen LogP contribution in [0.3, 0.4) is 0 Å². The van der Waals surface area contributed by atoms with Crippen LogP contribution in [0.25, 0.3) is 5.52 Å². The zero-order valence-electron chi connectivity index (χ0n) is 23.4. The van der Waals surface area contributed by atoms with Crippen molar-refractivity contribution in [1.82, 2.24) is 14.6 Å². The minimum Gasteiger partial charge on any atom is -0.463 e. The monoisotopic (exact) mass is 603 g/mol. The number of phosphoric acid groups is 1. The Morgan fingerprint density at radius 1 is 1.24 bits per heavy atom. The molecule has 0 aliphatic carbocycles. The number of ether oxygens (including phenoxy) is 2. The molecule has 14 nitrogen and oxygen atoms in total. The zero-order chi connectivity index (χ0) is 30.5. The van der Waals surface area contributed by atoms with E-state index in [1.165, 1.54) is 29.9 Å². The van der Waals surface area contributed by atoms with E-state index >= 15 is 0 Å². The molecule has 1 aliphatic heterocycles. The highest BCUT2D eigenvalue weighted by atomic mass is 31.2. The molecule has 1 fully saturated rings. The van der Waals surface area contributed by atoms with Gasteiger partial charge in [-0.25, -0.2) is 18.9 Å². The van der Waals surface area contributed by atoms with E-state index in [1.54, 1.807) is 30.3 Å². The lowest BCUT2D eigenvalue weighted by molar-refractivity contribution is -0.153. The highest BCUT2D eigenvalue weighted by Gasteiger charge is 2.57. The van der Waals surface area contributed by atoms with Crippen molar-refractivity contribution in [3.05, 3.63) is 54.5 Å². The van der Waals surface area contributed by atoms with Crippen LogP contribution in [0.1, 0.15) is 45.4 Å². The lowest BCUT2D eigenvalue weighted by atomic mass is 9.96. The molecule has 4 rings (SSSR count). The number of phosphoric ester groups is 1. The number of anilines is 1. The molecule has 1 saturated heterocycles. The second-order valence-electron chi connectivity index (χ2n) is 9.86. The number of aromatic nitrogens is 3. The minimum absolute atomic E-state index is 0.0900. The van der Waals surface area contributed by atoms with E-state index in [-0.39, 0.29) is 29.8 Å². The van der Waals surface area contributed by atoms with Gasteiger partial charge in [-0.3, -0.25) is 9.05 Å². The third-order valence-corrected chi connectivity index (χ3v) is 8.53. The number of carbonyl (C=O) groups excluding carboxylic acids is 1. The number of aliphatic hydroxyl groups excluding tert-OH is 2. The third kappa shape index (κ3) is 6.57. The average Bonchev–Trinajstić information content (AvgIpc) is 3.52. The summed E-state index contributed by atoms with van der Waals surface area (Å²) in [6, 6.07) is 12.9. The number of rotatable bonds is 13. The van der Waals surface area contributed by atoms with E-state index in [0.29, 0.717) is 5.52 Å². The van der Waals surface area contributed by atoms with E-state index < -0.39 is 50.4 Å². The molecule has 2 unspecified atom stereocenters. The number of carbonyl (C=O) groups is 1. The summed E-state index contributed by atoms with van der Waals surface area (Å²) in [7, 11) is -4.66. The van der Waals surface area contributed by atoms with Crippen LogP contribution in [0.2, 0.25) is 0 Å². The number of nitrogens with zero attached hydrogens (tertiary/aromatic N) is 4. The Kier molecular flexibility index (Phi) is 9.83. The Labute approximate surface area is 242 Å². The van der Waals surface area contributed by atoms with E-state index in [4.69, 9.17) is 28.8 Å². The maximum atomic E-state index is 13.9. The molecule has 0 amide bonds. The van der Waals surface area contributed by atoms with Gasteiger partial charge in [0.05, 0.1) is 12.3 Å². The predicted octanol–water partition coefficient (Wildman–Crippen LogP) is 2.96. The van der Waals surface area contributed by atoms with Crippen LogP contribution in [-0.4, -0.2) is 67.9 Å². The molecule has 0 saturated carbocycles. The number of nitrogen functional groups attached to an aromatic ring is 1. The number of benzene rings is 1. The summed E-state index contributed by atoms with van der Waals surface area (Å²) >= 11 is 0. The maximum Gasteiger partial charge on any atom is 0.531 e. The molecule has 6 atom stereocenters. The van der Waals surface area contributed by atoms with E-state index in [1.807, 2.05) is 19.9 Å². The van der Waals surface area contributed by atoms with E-state index in [2.05, 4.69) is 10.1 Å².